The molecule has 0 saturated heterocycles. The van der Waals surface area contributed by atoms with Crippen LogP contribution in [0.3, 0.4) is 0 Å². The number of benzene rings is 1. The molecule has 1 aromatic carbocycles. The van der Waals surface area contributed by atoms with Crippen LogP contribution in [0.25, 0.3) is 0 Å². The molecule has 0 amide bonds. The van der Waals surface area contributed by atoms with E-state index in [1.807, 2.05) is 31.2 Å². The Labute approximate surface area is 103 Å². The fourth-order valence-electron chi connectivity index (χ4n) is 1.64. The van der Waals surface area contributed by atoms with Crippen LogP contribution >= 0.6 is 0 Å². The van der Waals surface area contributed by atoms with Crippen molar-refractivity contribution in [2.75, 3.05) is 13.7 Å². The highest BCUT2D eigenvalue weighted by Gasteiger charge is 2.15. The molecule has 0 aliphatic heterocycles. The monoisotopic (exact) mass is 238 g/mol. The molecule has 0 aliphatic rings. The number of aliphatic hydroxyl groups is 1. The van der Waals surface area contributed by atoms with Crippen molar-refractivity contribution in [3.8, 4) is 5.75 Å². The normalized spacial score (nSPS) is 14.4. The van der Waals surface area contributed by atoms with Gasteiger partial charge in [-0.3, -0.25) is 0 Å². The van der Waals surface area contributed by atoms with Crippen LogP contribution in [0.15, 0.2) is 24.3 Å². The predicted octanol–water partition coefficient (Wildman–Crippen LogP) is 2.93. The summed E-state index contributed by atoms with van der Waals surface area (Å²) in [6, 6.07) is 7.62. The van der Waals surface area contributed by atoms with Crippen LogP contribution in [0.5, 0.6) is 5.75 Å². The van der Waals surface area contributed by atoms with Crippen LogP contribution in [0.4, 0.5) is 0 Å². The SMILES string of the molecule is CCCOc1ccccc1C(O)CC(C)OC. The minimum atomic E-state index is -0.544. The maximum absolute atomic E-state index is 10.1. The number of hydrogen-bond donors (Lipinski definition) is 1. The molecule has 0 spiro atoms. The lowest BCUT2D eigenvalue weighted by Crippen LogP contribution is -2.12. The zero-order chi connectivity index (χ0) is 12.7. The molecule has 2 atom stereocenters. The molecule has 3 heteroatoms. The molecule has 0 heterocycles. The van der Waals surface area contributed by atoms with Gasteiger partial charge >= 0.3 is 0 Å². The number of methoxy groups -OCH3 is 1. The van der Waals surface area contributed by atoms with Gasteiger partial charge in [-0.05, 0) is 19.4 Å². The Balaban J connectivity index is 2.73. The van der Waals surface area contributed by atoms with Crippen molar-refractivity contribution >= 4 is 0 Å². The van der Waals surface area contributed by atoms with Crippen LogP contribution in [-0.4, -0.2) is 24.9 Å². The molecular weight excluding hydrogens is 216 g/mol. The number of aliphatic hydroxyl groups excluding tert-OH is 1. The topological polar surface area (TPSA) is 38.7 Å². The molecular formula is C14H22O3. The van der Waals surface area contributed by atoms with Crippen molar-refractivity contribution in [3.05, 3.63) is 29.8 Å². The fourth-order valence-corrected chi connectivity index (χ4v) is 1.64. The Kier molecular flexibility index (Phi) is 6.01. The van der Waals surface area contributed by atoms with E-state index in [1.54, 1.807) is 7.11 Å². The number of ether oxygens (including phenoxy) is 2. The van der Waals surface area contributed by atoms with Crippen molar-refractivity contribution in [2.24, 2.45) is 0 Å². The molecule has 0 aliphatic carbocycles. The summed E-state index contributed by atoms with van der Waals surface area (Å²) < 4.78 is 10.8. The third-order valence-corrected chi connectivity index (χ3v) is 2.70. The molecule has 0 aromatic heterocycles. The number of hydrogen-bond acceptors (Lipinski definition) is 3. The van der Waals surface area contributed by atoms with E-state index >= 15 is 0 Å². The summed E-state index contributed by atoms with van der Waals surface area (Å²) in [6.45, 7) is 4.67. The van der Waals surface area contributed by atoms with Gasteiger partial charge in [-0.15, -0.1) is 0 Å². The molecule has 96 valence electrons. The van der Waals surface area contributed by atoms with Gasteiger partial charge in [-0.2, -0.15) is 0 Å². The molecule has 0 fully saturated rings. The Morgan fingerprint density at radius 3 is 2.65 bits per heavy atom. The maximum Gasteiger partial charge on any atom is 0.125 e. The van der Waals surface area contributed by atoms with Crippen molar-refractivity contribution in [1.29, 1.82) is 0 Å². The van der Waals surface area contributed by atoms with Crippen molar-refractivity contribution < 1.29 is 14.6 Å². The van der Waals surface area contributed by atoms with E-state index in [4.69, 9.17) is 9.47 Å². The number of para-hydroxylation sites is 1. The van der Waals surface area contributed by atoms with Gasteiger partial charge in [0.2, 0.25) is 0 Å². The Bertz CT molecular complexity index is 325. The Morgan fingerprint density at radius 1 is 1.29 bits per heavy atom. The smallest absolute Gasteiger partial charge is 0.125 e. The van der Waals surface area contributed by atoms with Gasteiger partial charge in [-0.1, -0.05) is 25.1 Å². The van der Waals surface area contributed by atoms with Gasteiger partial charge in [-0.25, -0.2) is 0 Å². The van der Waals surface area contributed by atoms with Gasteiger partial charge in [0, 0.05) is 19.1 Å². The first kappa shape index (κ1) is 14.0. The zero-order valence-corrected chi connectivity index (χ0v) is 10.8. The summed E-state index contributed by atoms with van der Waals surface area (Å²) in [5, 5.41) is 10.1. The van der Waals surface area contributed by atoms with E-state index in [2.05, 4.69) is 6.92 Å². The minimum Gasteiger partial charge on any atom is -0.493 e. The van der Waals surface area contributed by atoms with Gasteiger partial charge in [0.15, 0.2) is 0 Å². The molecule has 2 unspecified atom stereocenters. The lowest BCUT2D eigenvalue weighted by molar-refractivity contribution is 0.0547. The molecule has 1 N–H and O–H groups in total. The zero-order valence-electron chi connectivity index (χ0n) is 10.8. The van der Waals surface area contributed by atoms with Gasteiger partial charge < -0.3 is 14.6 Å². The van der Waals surface area contributed by atoms with Crippen LogP contribution < -0.4 is 4.74 Å². The summed E-state index contributed by atoms with van der Waals surface area (Å²) in [6.07, 6.45) is 1.02. The van der Waals surface area contributed by atoms with Crippen LogP contribution in [-0.2, 0) is 4.74 Å². The Morgan fingerprint density at radius 2 is 2.00 bits per heavy atom. The lowest BCUT2D eigenvalue weighted by atomic mass is 10.0. The van der Waals surface area contributed by atoms with Gasteiger partial charge in [0.05, 0.1) is 18.8 Å². The van der Waals surface area contributed by atoms with E-state index in [9.17, 15) is 5.11 Å². The summed E-state index contributed by atoms with van der Waals surface area (Å²) in [4.78, 5) is 0. The standard InChI is InChI=1S/C14H22O3/c1-4-9-17-14-8-6-5-7-12(14)13(15)10-11(2)16-3/h5-8,11,13,15H,4,9-10H2,1-3H3. The first-order valence-electron chi connectivity index (χ1n) is 6.11. The highest BCUT2D eigenvalue weighted by Crippen LogP contribution is 2.28. The quantitative estimate of drug-likeness (QED) is 0.793. The lowest BCUT2D eigenvalue weighted by Gasteiger charge is -2.18. The second-order valence-electron chi connectivity index (χ2n) is 4.18. The van der Waals surface area contributed by atoms with Crippen molar-refractivity contribution in [3.63, 3.8) is 0 Å². The third-order valence-electron chi connectivity index (χ3n) is 2.70. The molecule has 3 nitrogen and oxygen atoms in total. The maximum atomic E-state index is 10.1. The third kappa shape index (κ3) is 4.36. The molecule has 1 aromatic rings. The second kappa shape index (κ2) is 7.30. The highest BCUT2D eigenvalue weighted by atomic mass is 16.5. The van der Waals surface area contributed by atoms with Crippen LogP contribution in [0, 0.1) is 0 Å². The molecule has 0 bridgehead atoms. The fraction of sp³-hybridized carbons (Fsp3) is 0.571. The van der Waals surface area contributed by atoms with E-state index in [1.165, 1.54) is 0 Å². The average Bonchev–Trinajstić information content (AvgIpc) is 2.36. The molecule has 0 saturated carbocycles. The summed E-state index contributed by atoms with van der Waals surface area (Å²) in [5.74, 6) is 0.769. The molecule has 17 heavy (non-hydrogen) atoms. The summed E-state index contributed by atoms with van der Waals surface area (Å²) >= 11 is 0. The predicted molar refractivity (Wildman–Crippen MR) is 68.3 cm³/mol. The average molecular weight is 238 g/mol. The van der Waals surface area contributed by atoms with Crippen molar-refractivity contribution in [2.45, 2.75) is 38.9 Å². The highest BCUT2D eigenvalue weighted by molar-refractivity contribution is 5.35. The van der Waals surface area contributed by atoms with E-state index in [0.717, 1.165) is 17.7 Å². The van der Waals surface area contributed by atoms with Crippen LogP contribution in [0.2, 0.25) is 0 Å². The molecule has 1 rings (SSSR count). The van der Waals surface area contributed by atoms with Crippen LogP contribution in [0.1, 0.15) is 38.4 Å². The van der Waals surface area contributed by atoms with Gasteiger partial charge in [0.1, 0.15) is 5.75 Å². The first-order chi connectivity index (χ1) is 8.19. The Hall–Kier alpha value is -1.06. The second-order valence-corrected chi connectivity index (χ2v) is 4.18. The largest absolute Gasteiger partial charge is 0.493 e. The van der Waals surface area contributed by atoms with E-state index in [0.29, 0.717) is 13.0 Å². The molecule has 0 radical (unpaired) electrons. The van der Waals surface area contributed by atoms with Crippen molar-refractivity contribution in [1.82, 2.24) is 0 Å². The minimum absolute atomic E-state index is 0.0317. The first-order valence-corrected chi connectivity index (χ1v) is 6.11. The summed E-state index contributed by atoms with van der Waals surface area (Å²) in [7, 11) is 1.65. The number of rotatable bonds is 7. The van der Waals surface area contributed by atoms with E-state index in [-0.39, 0.29) is 6.10 Å². The van der Waals surface area contributed by atoms with E-state index < -0.39 is 6.10 Å². The van der Waals surface area contributed by atoms with Gasteiger partial charge in [0.25, 0.3) is 0 Å². The summed E-state index contributed by atoms with van der Waals surface area (Å²) in [5.41, 5.74) is 0.838.